The van der Waals surface area contributed by atoms with Gasteiger partial charge in [-0.2, -0.15) is 0 Å². The van der Waals surface area contributed by atoms with E-state index in [2.05, 4.69) is 10.3 Å². The molecule has 0 saturated heterocycles. The van der Waals surface area contributed by atoms with E-state index in [-0.39, 0.29) is 5.69 Å². The van der Waals surface area contributed by atoms with Gasteiger partial charge in [-0.1, -0.05) is 11.8 Å². The molecule has 5 heteroatoms. The molecular formula is C11H12F2N2S. The summed E-state index contributed by atoms with van der Waals surface area (Å²) in [5, 5.41) is 3.48. The predicted octanol–water partition coefficient (Wildman–Crippen LogP) is 3.18. The Morgan fingerprint density at radius 2 is 2.12 bits per heavy atom. The first kappa shape index (κ1) is 11.4. The molecule has 16 heavy (non-hydrogen) atoms. The molecule has 0 radical (unpaired) electrons. The standard InChI is InChI=1S/C11H12F2N2S/c1-7-5-9(13)10(6-8(7)12)15-11-14-3-2-4-16-11/h5-6H,2-4H2,1H3,(H,14,15). The number of hydrogen-bond acceptors (Lipinski definition) is 3. The lowest BCUT2D eigenvalue weighted by Crippen LogP contribution is -2.14. The van der Waals surface area contributed by atoms with Crippen LogP contribution in [-0.4, -0.2) is 17.5 Å². The molecule has 1 aliphatic heterocycles. The second kappa shape index (κ2) is 4.82. The van der Waals surface area contributed by atoms with Crippen molar-refractivity contribution in [3.05, 3.63) is 29.3 Å². The molecule has 1 aliphatic rings. The summed E-state index contributed by atoms with van der Waals surface area (Å²) in [7, 11) is 0. The molecule has 0 aliphatic carbocycles. The van der Waals surface area contributed by atoms with Gasteiger partial charge in [-0.25, -0.2) is 8.78 Å². The number of benzene rings is 1. The quantitative estimate of drug-likeness (QED) is 0.818. The van der Waals surface area contributed by atoms with Crippen LogP contribution in [0.1, 0.15) is 12.0 Å². The molecule has 0 atom stereocenters. The first-order valence-electron chi connectivity index (χ1n) is 5.07. The fourth-order valence-electron chi connectivity index (χ4n) is 1.39. The predicted molar refractivity (Wildman–Crippen MR) is 64.1 cm³/mol. The molecule has 0 spiro atoms. The molecule has 2 nitrogen and oxygen atoms in total. The third-order valence-electron chi connectivity index (χ3n) is 2.29. The van der Waals surface area contributed by atoms with E-state index in [4.69, 9.17) is 0 Å². The minimum absolute atomic E-state index is 0.149. The minimum atomic E-state index is -0.451. The largest absolute Gasteiger partial charge is 0.333 e. The van der Waals surface area contributed by atoms with E-state index in [0.29, 0.717) is 10.7 Å². The van der Waals surface area contributed by atoms with Gasteiger partial charge >= 0.3 is 0 Å². The third-order valence-corrected chi connectivity index (χ3v) is 3.28. The van der Waals surface area contributed by atoms with E-state index in [9.17, 15) is 8.78 Å². The van der Waals surface area contributed by atoms with Crippen LogP contribution >= 0.6 is 11.8 Å². The maximum Gasteiger partial charge on any atom is 0.161 e. The van der Waals surface area contributed by atoms with Gasteiger partial charge in [0.1, 0.15) is 11.6 Å². The summed E-state index contributed by atoms with van der Waals surface area (Å²) in [5.41, 5.74) is 0.456. The lowest BCUT2D eigenvalue weighted by molar-refractivity contribution is 0.596. The molecule has 1 aromatic carbocycles. The Kier molecular flexibility index (Phi) is 3.43. The number of nitrogens with zero attached hydrogens (tertiary/aromatic N) is 1. The summed E-state index contributed by atoms with van der Waals surface area (Å²) in [5.74, 6) is 0.0972. The fourth-order valence-corrected chi connectivity index (χ4v) is 2.22. The molecular weight excluding hydrogens is 230 g/mol. The van der Waals surface area contributed by atoms with Crippen molar-refractivity contribution in [2.45, 2.75) is 13.3 Å². The summed E-state index contributed by atoms with van der Waals surface area (Å²) in [6, 6.07) is 2.36. The zero-order chi connectivity index (χ0) is 11.5. The molecule has 1 aromatic rings. The highest BCUT2D eigenvalue weighted by Crippen LogP contribution is 2.21. The topological polar surface area (TPSA) is 24.4 Å². The number of amidine groups is 1. The van der Waals surface area contributed by atoms with Gasteiger partial charge in [0.2, 0.25) is 0 Å². The van der Waals surface area contributed by atoms with E-state index < -0.39 is 11.6 Å². The van der Waals surface area contributed by atoms with Crippen molar-refractivity contribution in [3.63, 3.8) is 0 Å². The first-order valence-corrected chi connectivity index (χ1v) is 6.05. The molecule has 0 amide bonds. The summed E-state index contributed by atoms with van der Waals surface area (Å²) in [6.45, 7) is 2.28. The molecule has 2 rings (SSSR count). The SMILES string of the molecule is Cc1cc(F)c(NC2=NCCCS2)cc1F. The van der Waals surface area contributed by atoms with Crippen LogP contribution in [0.15, 0.2) is 17.1 Å². The Balaban J connectivity index is 2.20. The van der Waals surface area contributed by atoms with Crippen LogP contribution in [0.3, 0.4) is 0 Å². The highest BCUT2D eigenvalue weighted by Gasteiger charge is 2.11. The van der Waals surface area contributed by atoms with E-state index in [1.165, 1.54) is 30.8 Å². The smallest absolute Gasteiger partial charge is 0.161 e. The van der Waals surface area contributed by atoms with Crippen molar-refractivity contribution in [1.82, 2.24) is 0 Å². The Bertz CT molecular complexity index is 432. The van der Waals surface area contributed by atoms with Gasteiger partial charge in [-0.15, -0.1) is 0 Å². The first-order chi connectivity index (χ1) is 7.66. The zero-order valence-electron chi connectivity index (χ0n) is 8.89. The van der Waals surface area contributed by atoms with Gasteiger partial charge in [-0.05, 0) is 25.0 Å². The number of hydrogen-bond donors (Lipinski definition) is 1. The number of aryl methyl sites for hydroxylation is 1. The van der Waals surface area contributed by atoms with Gasteiger partial charge in [0.15, 0.2) is 5.17 Å². The van der Waals surface area contributed by atoms with Crippen LogP contribution in [0.4, 0.5) is 14.5 Å². The lowest BCUT2D eigenvalue weighted by atomic mass is 10.2. The second-order valence-electron chi connectivity index (χ2n) is 3.60. The number of thioether (sulfide) groups is 1. The maximum absolute atomic E-state index is 13.5. The fraction of sp³-hybridized carbons (Fsp3) is 0.364. The normalized spacial score (nSPS) is 15.8. The molecule has 0 bridgehead atoms. The Morgan fingerprint density at radius 3 is 2.81 bits per heavy atom. The minimum Gasteiger partial charge on any atom is -0.333 e. The zero-order valence-corrected chi connectivity index (χ0v) is 9.70. The highest BCUT2D eigenvalue weighted by molar-refractivity contribution is 8.14. The molecule has 0 fully saturated rings. The van der Waals surface area contributed by atoms with Crippen molar-refractivity contribution < 1.29 is 8.78 Å². The van der Waals surface area contributed by atoms with E-state index in [1.54, 1.807) is 0 Å². The van der Waals surface area contributed by atoms with Crippen molar-refractivity contribution >= 4 is 22.6 Å². The summed E-state index contributed by atoms with van der Waals surface area (Å²) < 4.78 is 26.8. The van der Waals surface area contributed by atoms with Gasteiger partial charge < -0.3 is 5.32 Å². The average Bonchev–Trinajstić information content (AvgIpc) is 2.27. The number of anilines is 1. The summed E-state index contributed by atoms with van der Waals surface area (Å²) in [6.07, 6.45) is 1.03. The van der Waals surface area contributed by atoms with Gasteiger partial charge in [0.05, 0.1) is 5.69 Å². The Morgan fingerprint density at radius 1 is 1.31 bits per heavy atom. The van der Waals surface area contributed by atoms with Crippen LogP contribution in [0.2, 0.25) is 0 Å². The van der Waals surface area contributed by atoms with Crippen molar-refractivity contribution in [3.8, 4) is 0 Å². The van der Waals surface area contributed by atoms with Crippen LogP contribution in [0, 0.1) is 18.6 Å². The van der Waals surface area contributed by atoms with Crippen LogP contribution < -0.4 is 5.32 Å². The van der Waals surface area contributed by atoms with Crippen molar-refractivity contribution in [1.29, 1.82) is 0 Å². The number of rotatable bonds is 1. The Labute approximate surface area is 97.1 Å². The van der Waals surface area contributed by atoms with E-state index >= 15 is 0 Å². The van der Waals surface area contributed by atoms with Crippen LogP contribution in [0.5, 0.6) is 0 Å². The van der Waals surface area contributed by atoms with Crippen LogP contribution in [-0.2, 0) is 0 Å². The van der Waals surface area contributed by atoms with E-state index in [0.717, 1.165) is 18.7 Å². The van der Waals surface area contributed by atoms with Gasteiger partial charge in [0.25, 0.3) is 0 Å². The van der Waals surface area contributed by atoms with Crippen LogP contribution in [0.25, 0.3) is 0 Å². The van der Waals surface area contributed by atoms with E-state index in [1.807, 2.05) is 0 Å². The molecule has 0 aromatic heterocycles. The molecule has 86 valence electrons. The molecule has 0 unspecified atom stereocenters. The third kappa shape index (κ3) is 2.52. The average molecular weight is 242 g/mol. The second-order valence-corrected chi connectivity index (χ2v) is 4.68. The monoisotopic (exact) mass is 242 g/mol. The highest BCUT2D eigenvalue weighted by atomic mass is 32.2. The molecule has 1 heterocycles. The van der Waals surface area contributed by atoms with Crippen molar-refractivity contribution in [2.24, 2.45) is 4.99 Å². The lowest BCUT2D eigenvalue weighted by Gasteiger charge is -2.14. The van der Waals surface area contributed by atoms with Gasteiger partial charge in [-0.3, -0.25) is 4.99 Å². The van der Waals surface area contributed by atoms with Crippen molar-refractivity contribution in [2.75, 3.05) is 17.6 Å². The number of nitrogens with one attached hydrogen (secondary N) is 1. The number of aliphatic imine (C=N–C) groups is 1. The number of halogens is 2. The maximum atomic E-state index is 13.5. The van der Waals surface area contributed by atoms with Gasteiger partial charge in [0, 0.05) is 18.4 Å². The molecule has 0 saturated carbocycles. The summed E-state index contributed by atoms with van der Waals surface area (Å²) >= 11 is 1.53. The Hall–Kier alpha value is -1.10. The molecule has 1 N–H and O–H groups in total. The summed E-state index contributed by atoms with van der Waals surface area (Å²) in [4.78, 5) is 4.20.